The monoisotopic (exact) mass is 478 g/mol. The summed E-state index contributed by atoms with van der Waals surface area (Å²) in [6, 6.07) is 10.5. The molecule has 0 aliphatic heterocycles. The fourth-order valence-corrected chi connectivity index (χ4v) is 2.31. The Morgan fingerprint density at radius 1 is 1.23 bits per heavy atom. The van der Waals surface area contributed by atoms with Crippen molar-refractivity contribution < 1.29 is 4.39 Å². The maximum atomic E-state index is 13.3. The van der Waals surface area contributed by atoms with Crippen LogP contribution in [0.15, 0.2) is 52.1 Å². The number of benzene rings is 1. The van der Waals surface area contributed by atoms with Crippen molar-refractivity contribution in [3.63, 3.8) is 0 Å². The molecule has 0 amide bonds. The van der Waals surface area contributed by atoms with E-state index in [2.05, 4.69) is 36.5 Å². The third kappa shape index (κ3) is 6.27. The number of halogens is 3. The number of aliphatic imine (C=N–C) groups is 1. The van der Waals surface area contributed by atoms with Gasteiger partial charge in [-0.1, -0.05) is 22.0 Å². The summed E-state index contributed by atoms with van der Waals surface area (Å²) in [6.45, 7) is 1.06. The lowest BCUT2D eigenvalue weighted by Crippen LogP contribution is -2.36. The summed E-state index contributed by atoms with van der Waals surface area (Å²) in [4.78, 5) is 8.35. The van der Waals surface area contributed by atoms with Crippen LogP contribution in [0.3, 0.4) is 0 Å². The number of hydrogen-bond acceptors (Lipinski definition) is 2. The first-order chi connectivity index (χ1) is 10.2. The normalized spacial score (nSPS) is 10.8. The highest BCUT2D eigenvalue weighted by molar-refractivity contribution is 14.0. The van der Waals surface area contributed by atoms with Crippen LogP contribution in [0.4, 0.5) is 4.39 Å². The van der Waals surface area contributed by atoms with Crippen molar-refractivity contribution in [2.24, 2.45) is 4.99 Å². The van der Waals surface area contributed by atoms with Crippen molar-refractivity contribution >= 4 is 45.9 Å². The van der Waals surface area contributed by atoms with Crippen molar-refractivity contribution in [3.05, 3.63) is 64.1 Å². The van der Waals surface area contributed by atoms with Gasteiger partial charge in [0.1, 0.15) is 5.82 Å². The number of guanidine groups is 1. The molecule has 1 aromatic carbocycles. The van der Waals surface area contributed by atoms with Crippen molar-refractivity contribution in [1.82, 2.24) is 15.6 Å². The molecule has 7 heteroatoms. The van der Waals surface area contributed by atoms with Gasteiger partial charge >= 0.3 is 0 Å². The van der Waals surface area contributed by atoms with Crippen molar-refractivity contribution in [2.75, 3.05) is 7.05 Å². The van der Waals surface area contributed by atoms with Crippen molar-refractivity contribution in [1.29, 1.82) is 0 Å². The second-order valence-corrected chi connectivity index (χ2v) is 5.29. The molecular weight excluding hydrogens is 462 g/mol. The summed E-state index contributed by atoms with van der Waals surface area (Å²) in [5.41, 5.74) is 1.76. The minimum Gasteiger partial charge on any atom is -0.352 e. The lowest BCUT2D eigenvalue weighted by Gasteiger charge is -2.12. The van der Waals surface area contributed by atoms with E-state index < -0.39 is 0 Å². The van der Waals surface area contributed by atoms with E-state index in [9.17, 15) is 4.39 Å². The van der Waals surface area contributed by atoms with Crippen LogP contribution < -0.4 is 10.6 Å². The molecular formula is C15H17BrFIN4. The van der Waals surface area contributed by atoms with Gasteiger partial charge in [0.2, 0.25) is 0 Å². The zero-order chi connectivity index (χ0) is 15.1. The van der Waals surface area contributed by atoms with Crippen LogP contribution in [0.25, 0.3) is 0 Å². The van der Waals surface area contributed by atoms with Crippen LogP contribution in [-0.4, -0.2) is 18.0 Å². The molecule has 0 bridgehead atoms. The third-order valence-corrected chi connectivity index (χ3v) is 3.23. The number of hydrogen-bond donors (Lipinski definition) is 2. The summed E-state index contributed by atoms with van der Waals surface area (Å²) < 4.78 is 14.0. The molecule has 0 spiro atoms. The lowest BCUT2D eigenvalue weighted by molar-refractivity contribution is 0.623. The van der Waals surface area contributed by atoms with E-state index in [0.717, 1.165) is 15.7 Å². The molecule has 0 aliphatic rings. The van der Waals surface area contributed by atoms with Gasteiger partial charge in [-0.2, -0.15) is 0 Å². The van der Waals surface area contributed by atoms with Crippen molar-refractivity contribution in [2.45, 2.75) is 13.1 Å². The van der Waals surface area contributed by atoms with Gasteiger partial charge < -0.3 is 10.6 Å². The Balaban J connectivity index is 0.00000242. The Hall–Kier alpha value is -1.22. The minimum atomic E-state index is -0.266. The number of pyridine rings is 1. The quantitative estimate of drug-likeness (QED) is 0.402. The first kappa shape index (κ1) is 18.8. The average Bonchev–Trinajstić information content (AvgIpc) is 2.47. The van der Waals surface area contributed by atoms with Gasteiger partial charge in [0.05, 0.1) is 12.2 Å². The summed E-state index contributed by atoms with van der Waals surface area (Å²) in [6.07, 6.45) is 1.75. The highest BCUT2D eigenvalue weighted by Gasteiger charge is 2.02. The molecule has 0 atom stereocenters. The molecule has 0 fully saturated rings. The maximum Gasteiger partial charge on any atom is 0.191 e. The van der Waals surface area contributed by atoms with Crippen LogP contribution in [0, 0.1) is 5.82 Å². The zero-order valence-electron chi connectivity index (χ0n) is 12.0. The Morgan fingerprint density at radius 3 is 2.64 bits per heavy atom. The molecule has 0 saturated carbocycles. The van der Waals surface area contributed by atoms with Crippen LogP contribution in [0.2, 0.25) is 0 Å². The molecule has 2 N–H and O–H groups in total. The first-order valence-electron chi connectivity index (χ1n) is 6.47. The molecule has 22 heavy (non-hydrogen) atoms. The van der Waals surface area contributed by atoms with Crippen molar-refractivity contribution in [3.8, 4) is 0 Å². The fraction of sp³-hybridized carbons (Fsp3) is 0.200. The van der Waals surface area contributed by atoms with E-state index in [1.807, 2.05) is 24.3 Å². The van der Waals surface area contributed by atoms with Gasteiger partial charge in [-0.15, -0.1) is 24.0 Å². The van der Waals surface area contributed by atoms with E-state index >= 15 is 0 Å². The molecule has 4 nitrogen and oxygen atoms in total. The molecule has 0 radical (unpaired) electrons. The number of rotatable bonds is 4. The molecule has 0 aliphatic carbocycles. The summed E-state index contributed by atoms with van der Waals surface area (Å²) in [5, 5.41) is 6.29. The number of aromatic nitrogens is 1. The van der Waals surface area contributed by atoms with E-state index in [1.165, 1.54) is 12.1 Å². The maximum absolute atomic E-state index is 13.3. The number of nitrogens with one attached hydrogen (secondary N) is 2. The van der Waals surface area contributed by atoms with Gasteiger partial charge in [0, 0.05) is 24.3 Å². The van der Waals surface area contributed by atoms with Gasteiger partial charge in [-0.25, -0.2) is 4.39 Å². The van der Waals surface area contributed by atoms with Crippen LogP contribution in [0.1, 0.15) is 11.3 Å². The smallest absolute Gasteiger partial charge is 0.191 e. The molecule has 2 aromatic rings. The number of nitrogens with zero attached hydrogens (tertiary/aromatic N) is 2. The van der Waals surface area contributed by atoms with Crippen LogP contribution >= 0.6 is 39.9 Å². The van der Waals surface area contributed by atoms with E-state index in [4.69, 9.17) is 0 Å². The summed E-state index contributed by atoms with van der Waals surface area (Å²) in [5.74, 6) is 0.374. The Bertz CT molecular complexity index is 602. The average molecular weight is 479 g/mol. The fourth-order valence-electron chi connectivity index (χ4n) is 1.80. The molecule has 2 rings (SSSR count). The van der Waals surface area contributed by atoms with Crippen LogP contribution in [-0.2, 0) is 13.1 Å². The summed E-state index contributed by atoms with van der Waals surface area (Å²) >= 11 is 3.28. The van der Waals surface area contributed by atoms with Gasteiger partial charge in [0.15, 0.2) is 5.96 Å². The second-order valence-electron chi connectivity index (χ2n) is 4.38. The predicted molar refractivity (Wildman–Crippen MR) is 101 cm³/mol. The topological polar surface area (TPSA) is 49.3 Å². The summed E-state index contributed by atoms with van der Waals surface area (Å²) in [7, 11) is 1.69. The molecule has 1 heterocycles. The van der Waals surface area contributed by atoms with Gasteiger partial charge in [-0.05, 0) is 35.9 Å². The van der Waals surface area contributed by atoms with E-state index in [-0.39, 0.29) is 29.8 Å². The lowest BCUT2D eigenvalue weighted by atomic mass is 10.2. The standard InChI is InChI=1S/C15H16BrFN4.HI/c1-18-15(21-10-14-4-2-3-5-19-14)20-9-11-6-12(16)8-13(17)7-11;/h2-8H,9-10H2,1H3,(H2,18,20,21);1H. The van der Waals surface area contributed by atoms with Gasteiger partial charge in [-0.3, -0.25) is 9.98 Å². The predicted octanol–water partition coefficient (Wildman–Crippen LogP) is 3.47. The Labute approximate surface area is 154 Å². The SMILES string of the molecule is CN=C(NCc1cc(F)cc(Br)c1)NCc1ccccn1.I. The Kier molecular flexibility index (Phi) is 8.32. The third-order valence-electron chi connectivity index (χ3n) is 2.77. The zero-order valence-corrected chi connectivity index (χ0v) is 15.9. The first-order valence-corrected chi connectivity index (χ1v) is 7.26. The molecule has 0 saturated heterocycles. The van der Waals surface area contributed by atoms with Crippen LogP contribution in [0.5, 0.6) is 0 Å². The second kappa shape index (κ2) is 9.73. The molecule has 1 aromatic heterocycles. The van der Waals surface area contributed by atoms with E-state index in [1.54, 1.807) is 13.2 Å². The largest absolute Gasteiger partial charge is 0.352 e. The Morgan fingerprint density at radius 2 is 2.00 bits per heavy atom. The molecule has 118 valence electrons. The van der Waals surface area contributed by atoms with Gasteiger partial charge in [0.25, 0.3) is 0 Å². The highest BCUT2D eigenvalue weighted by atomic mass is 127. The minimum absolute atomic E-state index is 0. The molecule has 0 unspecified atom stereocenters. The van der Waals surface area contributed by atoms with E-state index in [0.29, 0.717) is 19.0 Å². The highest BCUT2D eigenvalue weighted by Crippen LogP contribution is 2.14.